The van der Waals surface area contributed by atoms with E-state index >= 15 is 0 Å². The molecule has 0 aromatic rings. The zero-order valence-electron chi connectivity index (χ0n) is 11.4. The molecule has 6 unspecified atom stereocenters. The van der Waals surface area contributed by atoms with E-state index in [9.17, 15) is 9.59 Å². The van der Waals surface area contributed by atoms with Gasteiger partial charge in [-0.25, -0.2) is 0 Å². The molecule has 2 bridgehead atoms. The van der Waals surface area contributed by atoms with Crippen molar-refractivity contribution in [1.82, 2.24) is 0 Å². The van der Waals surface area contributed by atoms with Crippen LogP contribution in [0.1, 0.15) is 46.5 Å². The van der Waals surface area contributed by atoms with Crippen LogP contribution in [0, 0.1) is 35.0 Å². The molecule has 2 saturated carbocycles. The van der Waals surface area contributed by atoms with Gasteiger partial charge in [-0.3, -0.25) is 9.59 Å². The molecular weight excluding hydrogens is 228 g/mol. The van der Waals surface area contributed by atoms with E-state index in [0.717, 1.165) is 12.3 Å². The Morgan fingerprint density at radius 1 is 1.28 bits per heavy atom. The van der Waals surface area contributed by atoms with Gasteiger partial charge in [0.05, 0.1) is 11.8 Å². The molecule has 1 heterocycles. The molecule has 6 atom stereocenters. The SMILES string of the molecule is CCC1(C)C2CCC(C2)C1C1C(=O)OC(=O)C1C. The van der Waals surface area contributed by atoms with Gasteiger partial charge in [-0.2, -0.15) is 0 Å². The van der Waals surface area contributed by atoms with E-state index in [1.807, 2.05) is 6.92 Å². The third kappa shape index (κ3) is 1.36. The molecule has 3 heteroatoms. The predicted molar refractivity (Wildman–Crippen MR) is 66.5 cm³/mol. The summed E-state index contributed by atoms with van der Waals surface area (Å²) in [7, 11) is 0. The number of fused-ring (bicyclic) bond motifs is 2. The molecule has 3 nitrogen and oxygen atoms in total. The molecule has 18 heavy (non-hydrogen) atoms. The third-order valence-electron chi connectivity index (χ3n) is 6.21. The highest BCUT2D eigenvalue weighted by molar-refractivity contribution is 5.96. The van der Waals surface area contributed by atoms with Gasteiger partial charge in [-0.05, 0) is 42.4 Å². The smallest absolute Gasteiger partial charge is 0.317 e. The first-order valence-corrected chi connectivity index (χ1v) is 7.24. The minimum absolute atomic E-state index is 0.183. The van der Waals surface area contributed by atoms with Crippen LogP contribution in [-0.4, -0.2) is 11.9 Å². The van der Waals surface area contributed by atoms with Gasteiger partial charge in [-0.1, -0.05) is 27.2 Å². The molecule has 3 fully saturated rings. The number of hydrogen-bond acceptors (Lipinski definition) is 3. The fourth-order valence-corrected chi connectivity index (χ4v) is 5.05. The van der Waals surface area contributed by atoms with Crippen molar-refractivity contribution >= 4 is 11.9 Å². The first-order valence-electron chi connectivity index (χ1n) is 7.24. The standard InChI is InChI=1S/C15H22O3/c1-4-15(3)10-6-5-9(7-10)12(15)11-8(2)13(16)18-14(11)17/h8-12H,4-7H2,1-3H3. The average Bonchev–Trinajstić information content (AvgIpc) is 2.97. The van der Waals surface area contributed by atoms with E-state index in [2.05, 4.69) is 13.8 Å². The highest BCUT2D eigenvalue weighted by Crippen LogP contribution is 2.64. The second-order valence-corrected chi connectivity index (χ2v) is 6.71. The van der Waals surface area contributed by atoms with Crippen LogP contribution in [0.3, 0.4) is 0 Å². The van der Waals surface area contributed by atoms with Gasteiger partial charge < -0.3 is 4.74 Å². The van der Waals surface area contributed by atoms with E-state index in [-0.39, 0.29) is 29.2 Å². The van der Waals surface area contributed by atoms with Crippen molar-refractivity contribution < 1.29 is 14.3 Å². The minimum Gasteiger partial charge on any atom is -0.393 e. The molecular formula is C15H22O3. The van der Waals surface area contributed by atoms with Crippen molar-refractivity contribution in [3.05, 3.63) is 0 Å². The van der Waals surface area contributed by atoms with Crippen LogP contribution < -0.4 is 0 Å². The van der Waals surface area contributed by atoms with Crippen LogP contribution in [0.5, 0.6) is 0 Å². The lowest BCUT2D eigenvalue weighted by atomic mass is 9.60. The van der Waals surface area contributed by atoms with Crippen LogP contribution >= 0.6 is 0 Å². The Morgan fingerprint density at radius 3 is 2.56 bits per heavy atom. The van der Waals surface area contributed by atoms with Crippen LogP contribution in [0.4, 0.5) is 0 Å². The largest absolute Gasteiger partial charge is 0.393 e. The number of cyclic esters (lactones) is 2. The van der Waals surface area contributed by atoms with Crippen LogP contribution in [0.2, 0.25) is 0 Å². The maximum atomic E-state index is 12.0. The van der Waals surface area contributed by atoms with Gasteiger partial charge >= 0.3 is 11.9 Å². The van der Waals surface area contributed by atoms with Crippen molar-refractivity contribution in [1.29, 1.82) is 0 Å². The summed E-state index contributed by atoms with van der Waals surface area (Å²) in [5, 5.41) is 0. The lowest BCUT2D eigenvalue weighted by Crippen LogP contribution is -2.41. The van der Waals surface area contributed by atoms with Gasteiger partial charge in [0.1, 0.15) is 0 Å². The summed E-state index contributed by atoms with van der Waals surface area (Å²) < 4.78 is 4.87. The highest BCUT2D eigenvalue weighted by Gasteiger charge is 2.61. The van der Waals surface area contributed by atoms with Crippen LogP contribution in [-0.2, 0) is 14.3 Å². The Kier molecular flexibility index (Phi) is 2.58. The van der Waals surface area contributed by atoms with E-state index in [1.54, 1.807) is 0 Å². The Morgan fingerprint density at radius 2 is 2.00 bits per heavy atom. The van der Waals surface area contributed by atoms with Gasteiger partial charge in [0, 0.05) is 0 Å². The van der Waals surface area contributed by atoms with Gasteiger partial charge in [-0.15, -0.1) is 0 Å². The number of carbonyl (C=O) groups is 2. The third-order valence-corrected chi connectivity index (χ3v) is 6.21. The van der Waals surface area contributed by atoms with Gasteiger partial charge in [0.15, 0.2) is 0 Å². The Balaban J connectivity index is 1.96. The predicted octanol–water partition coefficient (Wildman–Crippen LogP) is 2.78. The van der Waals surface area contributed by atoms with Crippen LogP contribution in [0.25, 0.3) is 0 Å². The van der Waals surface area contributed by atoms with E-state index in [1.165, 1.54) is 19.3 Å². The topological polar surface area (TPSA) is 43.4 Å². The fraction of sp³-hybridized carbons (Fsp3) is 0.867. The second kappa shape index (κ2) is 3.82. The first kappa shape index (κ1) is 12.2. The Labute approximate surface area is 108 Å². The van der Waals surface area contributed by atoms with E-state index in [0.29, 0.717) is 11.8 Å². The number of hydrogen-bond donors (Lipinski definition) is 0. The molecule has 0 N–H and O–H groups in total. The molecule has 1 aliphatic heterocycles. The lowest BCUT2D eigenvalue weighted by molar-refractivity contribution is -0.154. The number of esters is 2. The first-order chi connectivity index (χ1) is 8.49. The molecule has 0 aromatic heterocycles. The number of carbonyl (C=O) groups excluding carboxylic acids is 2. The quantitative estimate of drug-likeness (QED) is 0.559. The van der Waals surface area contributed by atoms with Crippen molar-refractivity contribution in [2.45, 2.75) is 46.5 Å². The normalized spacial score (nSPS) is 50.9. The number of rotatable bonds is 2. The monoisotopic (exact) mass is 250 g/mol. The van der Waals surface area contributed by atoms with Gasteiger partial charge in [0.25, 0.3) is 0 Å². The summed E-state index contributed by atoms with van der Waals surface area (Å²) >= 11 is 0. The molecule has 1 saturated heterocycles. The summed E-state index contributed by atoms with van der Waals surface area (Å²) in [5.74, 6) is 0.732. The average molecular weight is 250 g/mol. The molecule has 100 valence electrons. The van der Waals surface area contributed by atoms with Crippen LogP contribution in [0.15, 0.2) is 0 Å². The van der Waals surface area contributed by atoms with Crippen molar-refractivity contribution in [3.63, 3.8) is 0 Å². The molecule has 0 aromatic carbocycles. The zero-order valence-corrected chi connectivity index (χ0v) is 11.4. The zero-order chi connectivity index (χ0) is 13.1. The summed E-state index contributed by atoms with van der Waals surface area (Å²) in [5.41, 5.74) is 0.228. The van der Waals surface area contributed by atoms with E-state index in [4.69, 9.17) is 4.74 Å². The molecule has 0 spiro atoms. The fourth-order valence-electron chi connectivity index (χ4n) is 5.05. The summed E-state index contributed by atoms with van der Waals surface area (Å²) in [4.78, 5) is 23.6. The minimum atomic E-state index is -0.314. The highest BCUT2D eigenvalue weighted by atomic mass is 16.6. The lowest BCUT2D eigenvalue weighted by Gasteiger charge is -2.43. The Hall–Kier alpha value is -0.860. The summed E-state index contributed by atoms with van der Waals surface area (Å²) in [6.45, 7) is 6.41. The van der Waals surface area contributed by atoms with Gasteiger partial charge in [0.2, 0.25) is 0 Å². The summed E-state index contributed by atoms with van der Waals surface area (Å²) in [6, 6.07) is 0. The molecule has 3 aliphatic rings. The molecule has 0 radical (unpaired) electrons. The maximum Gasteiger partial charge on any atom is 0.317 e. The maximum absolute atomic E-state index is 12.0. The Bertz CT molecular complexity index is 403. The second-order valence-electron chi connectivity index (χ2n) is 6.71. The van der Waals surface area contributed by atoms with Crippen molar-refractivity contribution in [3.8, 4) is 0 Å². The van der Waals surface area contributed by atoms with Crippen molar-refractivity contribution in [2.24, 2.45) is 35.0 Å². The summed E-state index contributed by atoms with van der Waals surface area (Å²) in [6.07, 6.45) is 4.88. The molecule has 0 amide bonds. The molecule has 2 aliphatic carbocycles. The molecule has 3 rings (SSSR count). The van der Waals surface area contributed by atoms with Crippen molar-refractivity contribution in [2.75, 3.05) is 0 Å². The number of ether oxygens (including phenoxy) is 1. The van der Waals surface area contributed by atoms with E-state index < -0.39 is 0 Å².